The minimum Gasteiger partial charge on any atom is -0.256 e. The first-order valence-electron chi connectivity index (χ1n) is 2.93. The largest absolute Gasteiger partial charge is 0.256 e. The Morgan fingerprint density at radius 3 is 2.30 bits per heavy atom. The Labute approximate surface area is 69.1 Å². The molecular formula is C6H11ClN2Si. The lowest BCUT2D eigenvalue weighted by molar-refractivity contribution is 1.30. The van der Waals surface area contributed by atoms with Crippen LogP contribution in [0.3, 0.4) is 0 Å². The van der Waals surface area contributed by atoms with E-state index in [9.17, 15) is 0 Å². The molecule has 0 aliphatic heterocycles. The Kier molecular flexibility index (Phi) is 4.23. The molecule has 0 unspecified atom stereocenters. The van der Waals surface area contributed by atoms with Crippen molar-refractivity contribution < 1.29 is 0 Å². The Hall–Kier alpha value is -0.413. The second kappa shape index (κ2) is 4.41. The van der Waals surface area contributed by atoms with Gasteiger partial charge < -0.3 is 0 Å². The Balaban J connectivity index is 4.42. The van der Waals surface area contributed by atoms with E-state index in [4.69, 9.17) is 11.6 Å². The van der Waals surface area contributed by atoms with Gasteiger partial charge in [0.1, 0.15) is 5.16 Å². The normalized spacial score (nSPS) is 11.3. The van der Waals surface area contributed by atoms with Crippen molar-refractivity contribution in [3.05, 3.63) is 10.7 Å². The molecule has 0 aromatic rings. The van der Waals surface area contributed by atoms with Gasteiger partial charge in [-0.3, -0.25) is 4.99 Å². The predicted molar refractivity (Wildman–Crippen MR) is 51.2 cm³/mol. The molecule has 0 heterocycles. The molecule has 0 saturated heterocycles. The molecule has 0 saturated carbocycles. The molecule has 0 atom stereocenters. The smallest absolute Gasteiger partial charge is 0.129 e. The van der Waals surface area contributed by atoms with E-state index in [1.807, 2.05) is 13.8 Å². The molecule has 0 N–H and O–H groups in total. The highest BCUT2D eigenvalue weighted by molar-refractivity contribution is 6.60. The fraction of sp³-hybridized carbons (Fsp3) is 0.333. The van der Waals surface area contributed by atoms with Crippen LogP contribution in [-0.2, 0) is 0 Å². The van der Waals surface area contributed by atoms with Crippen LogP contribution in [0.15, 0.2) is 20.7 Å². The Morgan fingerprint density at radius 1 is 1.50 bits per heavy atom. The summed E-state index contributed by atoms with van der Waals surface area (Å²) >= 11 is 5.72. The van der Waals surface area contributed by atoms with Gasteiger partial charge in [0, 0.05) is 0 Å². The van der Waals surface area contributed by atoms with E-state index in [1.165, 1.54) is 0 Å². The van der Waals surface area contributed by atoms with E-state index in [2.05, 4.69) is 16.7 Å². The average molecular weight is 175 g/mol. The van der Waals surface area contributed by atoms with Gasteiger partial charge in [0.15, 0.2) is 0 Å². The summed E-state index contributed by atoms with van der Waals surface area (Å²) in [5.74, 6) is 0. The predicted octanol–water partition coefficient (Wildman–Crippen LogP) is 0.899. The minimum atomic E-state index is 0.525. The molecular weight excluding hydrogens is 164 g/mol. The van der Waals surface area contributed by atoms with E-state index in [1.54, 1.807) is 0 Å². The molecule has 0 radical (unpaired) electrons. The maximum atomic E-state index is 5.72. The highest BCUT2D eigenvalue weighted by Gasteiger charge is 1.90. The van der Waals surface area contributed by atoms with Crippen LogP contribution in [-0.4, -0.2) is 22.4 Å². The van der Waals surface area contributed by atoms with Gasteiger partial charge in [-0.25, -0.2) is 4.99 Å². The quantitative estimate of drug-likeness (QED) is 0.244. The summed E-state index contributed by atoms with van der Waals surface area (Å²) in [5, 5.41) is 0.525. The lowest BCUT2D eigenvalue weighted by Gasteiger charge is -1.93. The third-order valence-corrected chi connectivity index (χ3v) is 1.90. The highest BCUT2D eigenvalue weighted by Crippen LogP contribution is 2.09. The minimum absolute atomic E-state index is 0.525. The van der Waals surface area contributed by atoms with Gasteiger partial charge >= 0.3 is 0 Å². The van der Waals surface area contributed by atoms with Crippen molar-refractivity contribution in [2.24, 2.45) is 9.98 Å². The molecule has 0 aliphatic carbocycles. The molecule has 0 rings (SSSR count). The molecule has 0 aliphatic rings. The van der Waals surface area contributed by atoms with Crippen LogP contribution in [0.2, 0.25) is 0 Å². The number of hydrogen-bond donors (Lipinski definition) is 0. The molecule has 0 bridgehead atoms. The van der Waals surface area contributed by atoms with Crippen molar-refractivity contribution in [1.29, 1.82) is 0 Å². The van der Waals surface area contributed by atoms with Crippen LogP contribution >= 0.6 is 11.6 Å². The van der Waals surface area contributed by atoms with Crippen LogP contribution in [0.25, 0.3) is 0 Å². The Morgan fingerprint density at radius 2 is 2.00 bits per heavy atom. The third kappa shape index (κ3) is 3.58. The molecule has 0 spiro atoms. The second-order valence-electron chi connectivity index (χ2n) is 2.11. The van der Waals surface area contributed by atoms with Gasteiger partial charge in [-0.2, -0.15) is 0 Å². The van der Waals surface area contributed by atoms with Crippen LogP contribution in [0.4, 0.5) is 0 Å². The van der Waals surface area contributed by atoms with Crippen molar-refractivity contribution in [1.82, 2.24) is 0 Å². The maximum absolute atomic E-state index is 5.72. The number of hydrogen-bond acceptors (Lipinski definition) is 1. The molecule has 0 aromatic carbocycles. The van der Waals surface area contributed by atoms with Crippen molar-refractivity contribution in [2.75, 3.05) is 0 Å². The van der Waals surface area contributed by atoms with Gasteiger partial charge in [-0.15, -0.1) is 0 Å². The topological polar surface area (TPSA) is 24.7 Å². The van der Waals surface area contributed by atoms with E-state index in [0.29, 0.717) is 5.16 Å². The SMILES string of the molecule is C=NC([SiH3])=NC(Cl)=C(C)C. The lowest BCUT2D eigenvalue weighted by atomic mass is 10.4. The first-order valence-corrected chi connectivity index (χ1v) is 4.30. The fourth-order valence-corrected chi connectivity index (χ4v) is 0.777. The zero-order chi connectivity index (χ0) is 8.15. The van der Waals surface area contributed by atoms with E-state index < -0.39 is 0 Å². The monoisotopic (exact) mass is 174 g/mol. The first kappa shape index (κ1) is 9.59. The van der Waals surface area contributed by atoms with Crippen LogP contribution < -0.4 is 0 Å². The zero-order valence-corrected chi connectivity index (χ0v) is 9.24. The van der Waals surface area contributed by atoms with E-state index in [-0.39, 0.29) is 0 Å². The molecule has 56 valence electrons. The molecule has 0 fully saturated rings. The van der Waals surface area contributed by atoms with Gasteiger partial charge in [-0.05, 0) is 26.1 Å². The van der Waals surface area contributed by atoms with E-state index in [0.717, 1.165) is 21.3 Å². The molecule has 4 heteroatoms. The summed E-state index contributed by atoms with van der Waals surface area (Å²) < 4.78 is 0. The molecule has 0 aromatic heterocycles. The number of halogens is 1. The fourth-order valence-electron chi connectivity index (χ4n) is 0.289. The zero-order valence-electron chi connectivity index (χ0n) is 6.48. The number of aliphatic imine (C=N–C) groups is 2. The average Bonchev–Trinajstić information content (AvgIpc) is 1.87. The Bertz CT molecular complexity index is 192. The number of rotatable bonds is 1. The molecule has 2 nitrogen and oxygen atoms in total. The third-order valence-electron chi connectivity index (χ3n) is 0.901. The van der Waals surface area contributed by atoms with Gasteiger partial charge in [-0.1, -0.05) is 11.6 Å². The second-order valence-corrected chi connectivity index (χ2v) is 3.36. The van der Waals surface area contributed by atoms with E-state index >= 15 is 0 Å². The standard InChI is InChI=1S/C6H11ClN2Si/c1-4(2)5(7)9-6(10)8-3/h3H2,1-2,10H3. The van der Waals surface area contributed by atoms with Gasteiger partial charge in [0.05, 0.1) is 15.7 Å². The summed E-state index contributed by atoms with van der Waals surface area (Å²) in [4.78, 5) is 7.64. The summed E-state index contributed by atoms with van der Waals surface area (Å²) in [6, 6.07) is 0. The summed E-state index contributed by atoms with van der Waals surface area (Å²) in [5.41, 5.74) is 1.73. The number of allylic oxidation sites excluding steroid dienone is 1. The van der Waals surface area contributed by atoms with Crippen LogP contribution in [0.5, 0.6) is 0 Å². The number of amidine groups is 1. The number of nitrogens with zero attached hydrogens (tertiary/aromatic N) is 2. The lowest BCUT2D eigenvalue weighted by Crippen LogP contribution is -1.90. The van der Waals surface area contributed by atoms with Crippen molar-refractivity contribution in [3.8, 4) is 0 Å². The van der Waals surface area contributed by atoms with Crippen LogP contribution in [0.1, 0.15) is 13.8 Å². The van der Waals surface area contributed by atoms with Crippen molar-refractivity contribution in [3.63, 3.8) is 0 Å². The highest BCUT2D eigenvalue weighted by atomic mass is 35.5. The van der Waals surface area contributed by atoms with Crippen molar-refractivity contribution >= 4 is 34.0 Å². The van der Waals surface area contributed by atoms with Crippen LogP contribution in [0, 0.1) is 0 Å². The summed E-state index contributed by atoms with van der Waals surface area (Å²) in [6.45, 7) is 7.16. The first-order chi connectivity index (χ1) is 4.57. The van der Waals surface area contributed by atoms with Gasteiger partial charge in [0.25, 0.3) is 0 Å². The van der Waals surface area contributed by atoms with Gasteiger partial charge in [0.2, 0.25) is 0 Å². The summed E-state index contributed by atoms with van der Waals surface area (Å²) in [7, 11) is 0.786. The summed E-state index contributed by atoms with van der Waals surface area (Å²) in [6.07, 6.45) is 0. The maximum Gasteiger partial charge on any atom is 0.129 e. The molecule has 10 heavy (non-hydrogen) atoms. The van der Waals surface area contributed by atoms with Crippen molar-refractivity contribution in [2.45, 2.75) is 13.8 Å². The molecule has 0 amide bonds.